The molecule has 0 aliphatic carbocycles. The molecule has 0 saturated carbocycles. The van der Waals surface area contributed by atoms with Crippen molar-refractivity contribution in [3.05, 3.63) is 66.0 Å². The van der Waals surface area contributed by atoms with E-state index in [4.69, 9.17) is 0 Å². The maximum absolute atomic E-state index is 4.63. The van der Waals surface area contributed by atoms with E-state index in [0.717, 1.165) is 33.8 Å². The first-order chi connectivity index (χ1) is 12.6. The number of rotatable bonds is 4. The Morgan fingerprint density at radius 2 is 1.81 bits per heavy atom. The zero-order chi connectivity index (χ0) is 18.1. The number of anilines is 4. The third-order valence-electron chi connectivity index (χ3n) is 4.41. The number of H-pyrrole nitrogens is 1. The molecule has 0 bridgehead atoms. The van der Waals surface area contributed by atoms with Gasteiger partial charge in [-0.25, -0.2) is 4.98 Å². The molecule has 4 rings (SSSR count). The largest absolute Gasteiger partial charge is 0.329 e. The summed E-state index contributed by atoms with van der Waals surface area (Å²) in [4.78, 5) is 11.0. The van der Waals surface area contributed by atoms with Crippen LogP contribution in [0.2, 0.25) is 0 Å². The summed E-state index contributed by atoms with van der Waals surface area (Å²) in [5, 5.41) is 11.7. The highest BCUT2D eigenvalue weighted by Gasteiger charge is 2.10. The lowest BCUT2D eigenvalue weighted by Crippen LogP contribution is -2.12. The minimum Gasteiger partial charge on any atom is -0.329 e. The normalized spacial score (nSPS) is 10.9. The van der Waals surface area contributed by atoms with Crippen LogP contribution in [0.3, 0.4) is 0 Å². The molecule has 130 valence electrons. The SMILES string of the molecule is Cc1ccc(Nc2nccc(N(C)c3ccc4c(C)[nH]nc4c3)n2)cc1. The highest BCUT2D eigenvalue weighted by atomic mass is 15.2. The van der Waals surface area contributed by atoms with Gasteiger partial charge in [-0.3, -0.25) is 5.10 Å². The molecule has 0 amide bonds. The van der Waals surface area contributed by atoms with Gasteiger partial charge in [-0.1, -0.05) is 17.7 Å². The smallest absolute Gasteiger partial charge is 0.229 e. The maximum Gasteiger partial charge on any atom is 0.229 e. The van der Waals surface area contributed by atoms with Crippen LogP contribution in [0.15, 0.2) is 54.7 Å². The monoisotopic (exact) mass is 344 g/mol. The standard InChI is InChI=1S/C20H20N6/c1-13-4-6-15(7-5-13)22-20-21-11-10-19(23-20)26(3)16-8-9-17-14(2)24-25-18(17)12-16/h4-12H,1-3H3,(H,24,25)(H,21,22,23). The number of benzene rings is 2. The van der Waals surface area contributed by atoms with Crippen molar-refractivity contribution >= 4 is 34.0 Å². The van der Waals surface area contributed by atoms with Crippen LogP contribution in [0.1, 0.15) is 11.3 Å². The number of nitrogens with zero attached hydrogens (tertiary/aromatic N) is 4. The number of fused-ring (bicyclic) bond motifs is 1. The lowest BCUT2D eigenvalue weighted by Gasteiger charge is -2.19. The van der Waals surface area contributed by atoms with Crippen LogP contribution >= 0.6 is 0 Å². The first-order valence-electron chi connectivity index (χ1n) is 8.45. The molecule has 0 aliphatic rings. The Morgan fingerprint density at radius 3 is 2.62 bits per heavy atom. The van der Waals surface area contributed by atoms with Crippen LogP contribution in [-0.2, 0) is 0 Å². The minimum absolute atomic E-state index is 0.565. The van der Waals surface area contributed by atoms with Gasteiger partial charge in [0.15, 0.2) is 0 Å². The lowest BCUT2D eigenvalue weighted by atomic mass is 10.2. The van der Waals surface area contributed by atoms with E-state index in [1.807, 2.05) is 43.1 Å². The highest BCUT2D eigenvalue weighted by Crippen LogP contribution is 2.27. The molecule has 2 heterocycles. The Kier molecular flexibility index (Phi) is 4.01. The second-order valence-corrected chi connectivity index (χ2v) is 6.34. The van der Waals surface area contributed by atoms with Gasteiger partial charge >= 0.3 is 0 Å². The summed E-state index contributed by atoms with van der Waals surface area (Å²) in [5.74, 6) is 1.37. The van der Waals surface area contributed by atoms with Crippen molar-refractivity contribution in [2.45, 2.75) is 13.8 Å². The van der Waals surface area contributed by atoms with E-state index in [-0.39, 0.29) is 0 Å². The number of aromatic amines is 1. The van der Waals surface area contributed by atoms with Crippen molar-refractivity contribution in [3.8, 4) is 0 Å². The van der Waals surface area contributed by atoms with Crippen LogP contribution in [0.5, 0.6) is 0 Å². The van der Waals surface area contributed by atoms with E-state index in [9.17, 15) is 0 Å². The average molecular weight is 344 g/mol. The first-order valence-corrected chi connectivity index (χ1v) is 8.45. The zero-order valence-corrected chi connectivity index (χ0v) is 15.0. The van der Waals surface area contributed by atoms with Gasteiger partial charge in [0.1, 0.15) is 5.82 Å². The van der Waals surface area contributed by atoms with Gasteiger partial charge in [0.2, 0.25) is 5.95 Å². The van der Waals surface area contributed by atoms with Crippen LogP contribution in [0.4, 0.5) is 23.1 Å². The van der Waals surface area contributed by atoms with Gasteiger partial charge in [-0.15, -0.1) is 0 Å². The molecule has 26 heavy (non-hydrogen) atoms. The molecule has 2 N–H and O–H groups in total. The van der Waals surface area contributed by atoms with Gasteiger partial charge in [0.05, 0.1) is 5.52 Å². The van der Waals surface area contributed by atoms with E-state index in [0.29, 0.717) is 5.95 Å². The van der Waals surface area contributed by atoms with Crippen LogP contribution in [0, 0.1) is 13.8 Å². The predicted molar refractivity (Wildman–Crippen MR) is 105 cm³/mol. The highest BCUT2D eigenvalue weighted by molar-refractivity contribution is 5.85. The molecule has 0 radical (unpaired) electrons. The van der Waals surface area contributed by atoms with Gasteiger partial charge in [0, 0.05) is 35.7 Å². The molecule has 0 spiro atoms. The Labute approximate surface area is 151 Å². The summed E-state index contributed by atoms with van der Waals surface area (Å²) in [6.07, 6.45) is 1.76. The summed E-state index contributed by atoms with van der Waals surface area (Å²) < 4.78 is 0. The lowest BCUT2D eigenvalue weighted by molar-refractivity contribution is 1.07. The first kappa shape index (κ1) is 16.1. The summed E-state index contributed by atoms with van der Waals surface area (Å²) in [6.45, 7) is 4.08. The Hall–Kier alpha value is -3.41. The van der Waals surface area contributed by atoms with E-state index < -0.39 is 0 Å². The molecule has 0 aliphatic heterocycles. The third kappa shape index (κ3) is 3.09. The molecular weight excluding hydrogens is 324 g/mol. The number of hydrogen-bond donors (Lipinski definition) is 2. The van der Waals surface area contributed by atoms with Crippen LogP contribution in [0.25, 0.3) is 10.9 Å². The molecule has 0 atom stereocenters. The van der Waals surface area contributed by atoms with Crippen molar-refractivity contribution in [1.82, 2.24) is 20.2 Å². The fraction of sp³-hybridized carbons (Fsp3) is 0.150. The summed E-state index contributed by atoms with van der Waals surface area (Å²) in [6, 6.07) is 16.2. The van der Waals surface area contributed by atoms with Gasteiger partial charge in [0.25, 0.3) is 0 Å². The minimum atomic E-state index is 0.565. The van der Waals surface area contributed by atoms with Crippen molar-refractivity contribution < 1.29 is 0 Å². The van der Waals surface area contributed by atoms with E-state index in [1.165, 1.54) is 5.56 Å². The van der Waals surface area contributed by atoms with Crippen molar-refractivity contribution in [1.29, 1.82) is 0 Å². The average Bonchev–Trinajstić information content (AvgIpc) is 3.04. The topological polar surface area (TPSA) is 69.7 Å². The van der Waals surface area contributed by atoms with Gasteiger partial charge in [-0.05, 0) is 50.2 Å². The fourth-order valence-electron chi connectivity index (χ4n) is 2.84. The van der Waals surface area contributed by atoms with Crippen LogP contribution < -0.4 is 10.2 Å². The van der Waals surface area contributed by atoms with Gasteiger partial charge < -0.3 is 10.2 Å². The number of nitrogens with one attached hydrogen (secondary N) is 2. The summed E-state index contributed by atoms with van der Waals surface area (Å²) >= 11 is 0. The fourth-order valence-corrected chi connectivity index (χ4v) is 2.84. The molecule has 4 aromatic rings. The maximum atomic E-state index is 4.63. The Balaban J connectivity index is 1.60. The molecule has 6 heteroatoms. The molecule has 2 aromatic heterocycles. The molecule has 0 unspecified atom stereocenters. The molecule has 6 nitrogen and oxygen atoms in total. The Morgan fingerprint density at radius 1 is 1.00 bits per heavy atom. The molecule has 0 saturated heterocycles. The third-order valence-corrected chi connectivity index (χ3v) is 4.41. The number of hydrogen-bond acceptors (Lipinski definition) is 5. The molecule has 2 aromatic carbocycles. The van der Waals surface area contributed by atoms with E-state index in [2.05, 4.69) is 56.7 Å². The molecule has 0 fully saturated rings. The van der Waals surface area contributed by atoms with Crippen molar-refractivity contribution in [3.63, 3.8) is 0 Å². The number of aromatic nitrogens is 4. The summed E-state index contributed by atoms with van der Waals surface area (Å²) in [5.41, 5.74) is 5.21. The zero-order valence-electron chi connectivity index (χ0n) is 15.0. The quantitative estimate of drug-likeness (QED) is 0.571. The molecular formula is C20H20N6. The predicted octanol–water partition coefficient (Wildman–Crippen LogP) is 4.48. The van der Waals surface area contributed by atoms with Crippen molar-refractivity contribution in [2.75, 3.05) is 17.3 Å². The second-order valence-electron chi connectivity index (χ2n) is 6.34. The summed E-state index contributed by atoms with van der Waals surface area (Å²) in [7, 11) is 1.98. The van der Waals surface area contributed by atoms with Crippen LogP contribution in [-0.4, -0.2) is 27.2 Å². The van der Waals surface area contributed by atoms with Crippen molar-refractivity contribution in [2.24, 2.45) is 0 Å². The number of aryl methyl sites for hydroxylation is 2. The van der Waals surface area contributed by atoms with Gasteiger partial charge in [-0.2, -0.15) is 10.1 Å². The van der Waals surface area contributed by atoms with E-state index >= 15 is 0 Å². The second kappa shape index (κ2) is 6.48. The Bertz CT molecular complexity index is 1050. The van der Waals surface area contributed by atoms with E-state index in [1.54, 1.807) is 6.20 Å².